The molecule has 3 rings (SSSR count). The molecule has 1 amide bonds. The lowest BCUT2D eigenvalue weighted by Crippen LogP contribution is -2.13. The van der Waals surface area contributed by atoms with E-state index in [1.807, 2.05) is 24.3 Å². The second-order valence-electron chi connectivity index (χ2n) is 6.43. The highest BCUT2D eigenvalue weighted by molar-refractivity contribution is 6.04. The molecule has 0 spiro atoms. The second-order valence-corrected chi connectivity index (χ2v) is 6.43. The summed E-state index contributed by atoms with van der Waals surface area (Å²) in [4.78, 5) is 16.6. The number of nitrogens with one attached hydrogen (secondary N) is 2. The number of hydrogen-bond acceptors (Lipinski definition) is 4. The van der Waals surface area contributed by atoms with Crippen LogP contribution in [-0.4, -0.2) is 24.5 Å². The Bertz CT molecular complexity index is 786. The topological polar surface area (TPSA) is 63.2 Å². The quantitative estimate of drug-likeness (QED) is 0.713. The van der Waals surface area contributed by atoms with E-state index in [2.05, 4.69) is 21.7 Å². The Labute approximate surface area is 154 Å². The number of carbonyl (C=O) groups excluding carboxylic acids is 1. The normalized spacial score (nSPS) is 13.7. The average molecular weight is 351 g/mol. The largest absolute Gasteiger partial charge is 0.497 e. The number of amides is 1. The highest BCUT2D eigenvalue weighted by Gasteiger charge is 2.09. The van der Waals surface area contributed by atoms with E-state index in [-0.39, 0.29) is 5.91 Å². The van der Waals surface area contributed by atoms with Crippen LogP contribution in [-0.2, 0) is 0 Å². The molecule has 5 heteroatoms. The smallest absolute Gasteiger partial charge is 0.257 e. The average Bonchev–Trinajstić information content (AvgIpc) is 2.69. The molecule has 1 aromatic carbocycles. The first-order valence-corrected chi connectivity index (χ1v) is 9.07. The first kappa shape index (κ1) is 18.0. The summed E-state index contributed by atoms with van der Waals surface area (Å²) in [7, 11) is 1.60. The molecule has 2 aromatic rings. The number of rotatable bonds is 7. The van der Waals surface area contributed by atoms with E-state index in [0.29, 0.717) is 17.0 Å². The van der Waals surface area contributed by atoms with E-state index in [1.165, 1.54) is 31.3 Å². The maximum absolute atomic E-state index is 12.5. The van der Waals surface area contributed by atoms with Crippen LogP contribution in [0.1, 0.15) is 42.5 Å². The molecule has 0 atom stereocenters. The van der Waals surface area contributed by atoms with Crippen LogP contribution in [0, 0.1) is 0 Å². The third-order valence-electron chi connectivity index (χ3n) is 4.49. The number of pyridine rings is 1. The number of benzene rings is 1. The summed E-state index contributed by atoms with van der Waals surface area (Å²) in [5.74, 6) is 0.512. The SMILES string of the molecule is COc1cccc(NC(=O)c2cncc(NCCC3=CCCCC3)c2)c1. The zero-order valence-electron chi connectivity index (χ0n) is 15.1. The predicted molar refractivity (Wildman–Crippen MR) is 105 cm³/mol. The summed E-state index contributed by atoms with van der Waals surface area (Å²) in [5, 5.41) is 6.24. The van der Waals surface area contributed by atoms with Crippen LogP contribution in [0.25, 0.3) is 0 Å². The fourth-order valence-electron chi connectivity index (χ4n) is 3.06. The molecular formula is C21H25N3O2. The molecule has 136 valence electrons. The lowest BCUT2D eigenvalue weighted by Gasteiger charge is -2.13. The summed E-state index contributed by atoms with van der Waals surface area (Å²) in [5.41, 5.74) is 3.61. The van der Waals surface area contributed by atoms with Gasteiger partial charge in [0.2, 0.25) is 0 Å². The number of anilines is 2. The van der Waals surface area contributed by atoms with Gasteiger partial charge < -0.3 is 15.4 Å². The summed E-state index contributed by atoms with van der Waals surface area (Å²) < 4.78 is 5.18. The maximum Gasteiger partial charge on any atom is 0.257 e. The van der Waals surface area contributed by atoms with Crippen LogP contribution in [0.2, 0.25) is 0 Å². The summed E-state index contributed by atoms with van der Waals surface area (Å²) in [6.07, 6.45) is 11.8. The molecule has 0 bridgehead atoms. The number of carbonyl (C=O) groups is 1. The number of ether oxygens (including phenoxy) is 1. The lowest BCUT2D eigenvalue weighted by molar-refractivity contribution is 0.102. The van der Waals surface area contributed by atoms with Crippen molar-refractivity contribution in [2.24, 2.45) is 0 Å². The van der Waals surface area contributed by atoms with Crippen LogP contribution in [0.4, 0.5) is 11.4 Å². The number of methoxy groups -OCH3 is 1. The van der Waals surface area contributed by atoms with Crippen LogP contribution < -0.4 is 15.4 Å². The van der Waals surface area contributed by atoms with Gasteiger partial charge in [0.15, 0.2) is 0 Å². The third kappa shape index (κ3) is 5.09. The van der Waals surface area contributed by atoms with Crippen molar-refractivity contribution in [2.75, 3.05) is 24.3 Å². The number of hydrogen-bond donors (Lipinski definition) is 2. The van der Waals surface area contributed by atoms with E-state index in [9.17, 15) is 4.79 Å². The van der Waals surface area contributed by atoms with E-state index >= 15 is 0 Å². The van der Waals surface area contributed by atoms with E-state index in [4.69, 9.17) is 4.74 Å². The van der Waals surface area contributed by atoms with Crippen LogP contribution in [0.15, 0.2) is 54.4 Å². The van der Waals surface area contributed by atoms with E-state index in [0.717, 1.165) is 18.7 Å². The van der Waals surface area contributed by atoms with Gasteiger partial charge in [-0.25, -0.2) is 0 Å². The van der Waals surface area contributed by atoms with Gasteiger partial charge >= 0.3 is 0 Å². The molecule has 0 saturated carbocycles. The molecule has 1 aliphatic rings. The van der Waals surface area contributed by atoms with Crippen LogP contribution in [0.5, 0.6) is 5.75 Å². The van der Waals surface area contributed by atoms with Gasteiger partial charge in [-0.2, -0.15) is 0 Å². The Hall–Kier alpha value is -2.82. The van der Waals surface area contributed by atoms with Gasteiger partial charge in [-0.1, -0.05) is 17.7 Å². The molecule has 26 heavy (non-hydrogen) atoms. The van der Waals surface area contributed by atoms with Gasteiger partial charge in [-0.05, 0) is 50.3 Å². The first-order valence-electron chi connectivity index (χ1n) is 9.07. The molecular weight excluding hydrogens is 326 g/mol. The Morgan fingerprint density at radius 1 is 1.19 bits per heavy atom. The minimum atomic E-state index is -0.190. The minimum absolute atomic E-state index is 0.190. The molecule has 5 nitrogen and oxygen atoms in total. The molecule has 0 fully saturated rings. The number of allylic oxidation sites excluding steroid dienone is 1. The predicted octanol–water partition coefficient (Wildman–Crippen LogP) is 4.64. The van der Waals surface area contributed by atoms with Gasteiger partial charge in [-0.3, -0.25) is 9.78 Å². The van der Waals surface area contributed by atoms with E-state index in [1.54, 1.807) is 25.6 Å². The Kier molecular flexibility index (Phi) is 6.25. The molecule has 0 aliphatic heterocycles. The Morgan fingerprint density at radius 2 is 2.12 bits per heavy atom. The van der Waals surface area contributed by atoms with Crippen molar-refractivity contribution in [1.29, 1.82) is 0 Å². The van der Waals surface area contributed by atoms with Crippen molar-refractivity contribution in [1.82, 2.24) is 4.98 Å². The van der Waals surface area contributed by atoms with Crippen molar-refractivity contribution in [2.45, 2.75) is 32.1 Å². The van der Waals surface area contributed by atoms with Crippen LogP contribution >= 0.6 is 0 Å². The fourth-order valence-corrected chi connectivity index (χ4v) is 3.06. The first-order chi connectivity index (χ1) is 12.7. The van der Waals surface area contributed by atoms with Crippen molar-refractivity contribution < 1.29 is 9.53 Å². The molecule has 2 N–H and O–H groups in total. The summed E-state index contributed by atoms with van der Waals surface area (Å²) in [6.45, 7) is 0.856. The lowest BCUT2D eigenvalue weighted by atomic mass is 9.97. The van der Waals surface area contributed by atoms with Gasteiger partial charge in [0.25, 0.3) is 5.91 Å². The number of nitrogens with zero attached hydrogens (tertiary/aromatic N) is 1. The van der Waals surface area contributed by atoms with Gasteiger partial charge in [0.1, 0.15) is 5.75 Å². The van der Waals surface area contributed by atoms with Crippen LogP contribution in [0.3, 0.4) is 0 Å². The minimum Gasteiger partial charge on any atom is -0.497 e. The van der Waals surface area contributed by atoms with Crippen molar-refractivity contribution in [3.8, 4) is 5.75 Å². The zero-order valence-corrected chi connectivity index (χ0v) is 15.1. The highest BCUT2D eigenvalue weighted by atomic mass is 16.5. The van der Waals surface area contributed by atoms with Gasteiger partial charge in [0.05, 0.1) is 18.4 Å². The standard InChI is InChI=1S/C21H25N3O2/c1-26-20-9-5-8-18(13-20)24-21(25)17-12-19(15-22-14-17)23-11-10-16-6-3-2-4-7-16/h5-6,8-9,12-15,23H,2-4,7,10-11H2,1H3,(H,24,25). The summed E-state index contributed by atoms with van der Waals surface area (Å²) in [6, 6.07) is 9.12. The Balaban J connectivity index is 1.57. The van der Waals surface area contributed by atoms with Crippen molar-refractivity contribution >= 4 is 17.3 Å². The fraction of sp³-hybridized carbons (Fsp3) is 0.333. The molecule has 0 saturated heterocycles. The molecule has 0 unspecified atom stereocenters. The number of aromatic nitrogens is 1. The molecule has 0 radical (unpaired) electrons. The summed E-state index contributed by atoms with van der Waals surface area (Å²) >= 11 is 0. The van der Waals surface area contributed by atoms with Crippen molar-refractivity contribution in [3.63, 3.8) is 0 Å². The third-order valence-corrected chi connectivity index (χ3v) is 4.49. The van der Waals surface area contributed by atoms with Gasteiger partial charge in [-0.15, -0.1) is 0 Å². The molecule has 1 heterocycles. The Morgan fingerprint density at radius 3 is 2.92 bits per heavy atom. The zero-order chi connectivity index (χ0) is 18.2. The van der Waals surface area contributed by atoms with E-state index < -0.39 is 0 Å². The van der Waals surface area contributed by atoms with Gasteiger partial charge in [0, 0.05) is 30.7 Å². The maximum atomic E-state index is 12.5. The molecule has 1 aromatic heterocycles. The monoisotopic (exact) mass is 351 g/mol. The highest BCUT2D eigenvalue weighted by Crippen LogP contribution is 2.21. The second kappa shape index (κ2) is 9.04. The molecule has 1 aliphatic carbocycles. The van der Waals surface area contributed by atoms with Crippen molar-refractivity contribution in [3.05, 3.63) is 59.9 Å².